The van der Waals surface area contributed by atoms with Crippen LogP contribution in [0, 0.1) is 10.1 Å². The van der Waals surface area contributed by atoms with Crippen molar-refractivity contribution in [3.05, 3.63) is 10.1 Å². The van der Waals surface area contributed by atoms with Gasteiger partial charge in [0.1, 0.15) is 0 Å². The molecule has 0 radical (unpaired) electrons. The van der Waals surface area contributed by atoms with Gasteiger partial charge in [0.15, 0.2) is 0 Å². The number of carbonyl (C=O) groups is 2. The van der Waals surface area contributed by atoms with Crippen molar-refractivity contribution in [1.29, 1.82) is 0 Å². The Bertz CT molecular complexity index is 122. The molecule has 0 saturated carbocycles. The van der Waals surface area contributed by atoms with Crippen LogP contribution in [0.4, 0.5) is 0 Å². The Labute approximate surface area is 74.3 Å². The SMILES string of the molecule is O=CC(C=O)[N+](=O)[O-].[H-].[Na+]. The molecule has 0 atom stereocenters. The minimum atomic E-state index is -1.69. The van der Waals surface area contributed by atoms with E-state index in [9.17, 15) is 19.7 Å². The second-order valence-corrected chi connectivity index (χ2v) is 1.05. The van der Waals surface area contributed by atoms with Crippen LogP contribution in [0.15, 0.2) is 0 Å². The second-order valence-electron chi connectivity index (χ2n) is 1.05. The van der Waals surface area contributed by atoms with Gasteiger partial charge in [-0.3, -0.25) is 19.7 Å². The van der Waals surface area contributed by atoms with E-state index in [-0.39, 0.29) is 43.6 Å². The van der Waals surface area contributed by atoms with Crippen LogP contribution in [0.5, 0.6) is 0 Å². The molecule has 0 rings (SSSR count). The summed E-state index contributed by atoms with van der Waals surface area (Å²) in [6.45, 7) is 0. The van der Waals surface area contributed by atoms with Crippen molar-refractivity contribution in [3.63, 3.8) is 0 Å². The third kappa shape index (κ3) is 4.26. The predicted molar refractivity (Wildman–Crippen MR) is 24.0 cm³/mol. The molecule has 5 nitrogen and oxygen atoms in total. The first-order valence-electron chi connectivity index (χ1n) is 1.76. The normalized spacial score (nSPS) is 7.67. The number of nitro groups is 1. The summed E-state index contributed by atoms with van der Waals surface area (Å²) in [6.07, 6.45) is -0.0417. The summed E-state index contributed by atoms with van der Waals surface area (Å²) in [5.41, 5.74) is 0. The summed E-state index contributed by atoms with van der Waals surface area (Å²) in [7, 11) is 0. The van der Waals surface area contributed by atoms with E-state index >= 15 is 0 Å². The van der Waals surface area contributed by atoms with Gasteiger partial charge in [-0.25, -0.2) is 0 Å². The number of nitrogens with zero attached hydrogens (tertiary/aromatic N) is 1. The minimum absolute atomic E-state index is 0. The van der Waals surface area contributed by atoms with Gasteiger partial charge in [-0.1, -0.05) is 0 Å². The molecule has 0 aromatic rings. The number of aldehydes is 2. The third-order valence-corrected chi connectivity index (χ3v) is 0.522. The van der Waals surface area contributed by atoms with Crippen molar-refractivity contribution >= 4 is 12.6 Å². The molecule has 6 heteroatoms. The van der Waals surface area contributed by atoms with Crippen molar-refractivity contribution < 1.29 is 45.5 Å². The molecule has 0 N–H and O–H groups in total. The number of rotatable bonds is 3. The summed E-state index contributed by atoms with van der Waals surface area (Å²) < 4.78 is 0. The van der Waals surface area contributed by atoms with E-state index in [4.69, 9.17) is 0 Å². The number of carbonyl (C=O) groups excluding carboxylic acids is 2. The quantitative estimate of drug-likeness (QED) is 0.132. The number of hydrogen-bond donors (Lipinski definition) is 0. The van der Waals surface area contributed by atoms with E-state index in [1.165, 1.54) is 0 Å². The molecule has 0 heterocycles. The molecule has 0 bridgehead atoms. The zero-order valence-electron chi connectivity index (χ0n) is 5.81. The van der Waals surface area contributed by atoms with Gasteiger partial charge in [0.2, 0.25) is 12.6 Å². The fourth-order valence-electron chi connectivity index (χ4n) is 0.131. The smallest absolute Gasteiger partial charge is 1.00 e. The zero-order valence-corrected chi connectivity index (χ0v) is 6.81. The van der Waals surface area contributed by atoms with Crippen molar-refractivity contribution in [3.8, 4) is 0 Å². The summed E-state index contributed by atoms with van der Waals surface area (Å²) in [6, 6.07) is -1.69. The van der Waals surface area contributed by atoms with Gasteiger partial charge in [0.25, 0.3) is 0 Å². The molecule has 0 aliphatic heterocycles. The molecule has 0 aromatic carbocycles. The standard InChI is InChI=1S/C3H3NO4.Na.H/c5-1-3(2-6)4(7)8;;/h1-3H;;/q;+1;-1. The Morgan fingerprint density at radius 2 is 1.78 bits per heavy atom. The Hall–Kier alpha value is -0.260. The molecular formula is C3H4NNaO4. The van der Waals surface area contributed by atoms with E-state index in [0.29, 0.717) is 0 Å². The van der Waals surface area contributed by atoms with Gasteiger partial charge >= 0.3 is 35.6 Å². The van der Waals surface area contributed by atoms with Crippen molar-refractivity contribution in [2.45, 2.75) is 6.04 Å². The fourth-order valence-corrected chi connectivity index (χ4v) is 0.131. The van der Waals surface area contributed by atoms with Crippen LogP contribution in [-0.2, 0) is 9.59 Å². The van der Waals surface area contributed by atoms with Gasteiger partial charge in [0, 0.05) is 4.92 Å². The fraction of sp³-hybridized carbons (Fsp3) is 0.333. The van der Waals surface area contributed by atoms with Gasteiger partial charge in [-0.05, 0) is 0 Å². The first-order chi connectivity index (χ1) is 3.72. The summed E-state index contributed by atoms with van der Waals surface area (Å²) in [5, 5.41) is 9.50. The largest absolute Gasteiger partial charge is 1.00 e. The predicted octanol–water partition coefficient (Wildman–Crippen LogP) is -3.85. The molecule has 0 aliphatic rings. The molecule has 0 saturated heterocycles. The first kappa shape index (κ1) is 11.5. The summed E-state index contributed by atoms with van der Waals surface area (Å²) >= 11 is 0. The van der Waals surface area contributed by atoms with E-state index in [1.807, 2.05) is 0 Å². The summed E-state index contributed by atoms with van der Waals surface area (Å²) in [5.74, 6) is 0. The second kappa shape index (κ2) is 5.87. The first-order valence-corrected chi connectivity index (χ1v) is 1.76. The molecule has 9 heavy (non-hydrogen) atoms. The Kier molecular flexibility index (Phi) is 7.52. The topological polar surface area (TPSA) is 77.3 Å². The van der Waals surface area contributed by atoms with Crippen LogP contribution >= 0.6 is 0 Å². The zero-order chi connectivity index (χ0) is 6.57. The van der Waals surface area contributed by atoms with Gasteiger partial charge in [-0.15, -0.1) is 0 Å². The maximum atomic E-state index is 9.50. The van der Waals surface area contributed by atoms with Crippen LogP contribution < -0.4 is 29.6 Å². The van der Waals surface area contributed by atoms with E-state index in [1.54, 1.807) is 0 Å². The summed E-state index contributed by atoms with van der Waals surface area (Å²) in [4.78, 5) is 27.6. The Morgan fingerprint density at radius 1 is 1.44 bits per heavy atom. The average Bonchev–Trinajstić information content (AvgIpc) is 1.69. The van der Waals surface area contributed by atoms with Crippen LogP contribution in [0.25, 0.3) is 0 Å². The molecule has 0 fully saturated rings. The molecule has 0 spiro atoms. The molecule has 46 valence electrons. The molecular weight excluding hydrogens is 137 g/mol. The third-order valence-electron chi connectivity index (χ3n) is 0.522. The number of hydrogen-bond acceptors (Lipinski definition) is 4. The van der Waals surface area contributed by atoms with Crippen molar-refractivity contribution in [1.82, 2.24) is 0 Å². The maximum absolute atomic E-state index is 9.50. The maximum Gasteiger partial charge on any atom is 1.00 e. The van der Waals surface area contributed by atoms with E-state index < -0.39 is 11.0 Å². The average molecular weight is 141 g/mol. The van der Waals surface area contributed by atoms with Gasteiger partial charge < -0.3 is 1.43 Å². The molecule has 0 aromatic heterocycles. The monoisotopic (exact) mass is 141 g/mol. The minimum Gasteiger partial charge on any atom is -1.00 e. The van der Waals surface area contributed by atoms with Gasteiger partial charge in [-0.2, -0.15) is 0 Å². The van der Waals surface area contributed by atoms with Crippen LogP contribution in [0.1, 0.15) is 1.43 Å². The van der Waals surface area contributed by atoms with Crippen LogP contribution in [0.3, 0.4) is 0 Å². The van der Waals surface area contributed by atoms with E-state index in [2.05, 4.69) is 0 Å². The molecule has 0 unspecified atom stereocenters. The molecule has 0 aliphatic carbocycles. The van der Waals surface area contributed by atoms with Crippen LogP contribution in [0.2, 0.25) is 0 Å². The van der Waals surface area contributed by atoms with Crippen molar-refractivity contribution in [2.24, 2.45) is 0 Å². The van der Waals surface area contributed by atoms with Crippen LogP contribution in [-0.4, -0.2) is 23.5 Å². The van der Waals surface area contributed by atoms with Gasteiger partial charge in [0.05, 0.1) is 0 Å². The van der Waals surface area contributed by atoms with Crippen molar-refractivity contribution in [2.75, 3.05) is 0 Å². The Morgan fingerprint density at radius 3 is 1.78 bits per heavy atom. The molecule has 0 amide bonds. The van der Waals surface area contributed by atoms with E-state index in [0.717, 1.165) is 0 Å². The Balaban J connectivity index is -0.000000245.